The lowest BCUT2D eigenvalue weighted by molar-refractivity contribution is -0.161. The van der Waals surface area contributed by atoms with Crippen molar-refractivity contribution >= 4 is 19.8 Å². The highest BCUT2D eigenvalue weighted by molar-refractivity contribution is 7.46. The lowest BCUT2D eigenvalue weighted by Crippen LogP contribution is -2.29. The van der Waals surface area contributed by atoms with Crippen LogP contribution >= 0.6 is 7.82 Å². The van der Waals surface area contributed by atoms with E-state index in [0.717, 1.165) is 70.6 Å². The molecule has 0 saturated carbocycles. The van der Waals surface area contributed by atoms with Gasteiger partial charge < -0.3 is 19.3 Å². The van der Waals surface area contributed by atoms with Crippen molar-refractivity contribution in [2.45, 2.75) is 180 Å². The minimum absolute atomic E-state index is 0.172. The number of carbonyl (C=O) groups excluding carboxylic acids is 2. The Labute approximate surface area is 311 Å². The van der Waals surface area contributed by atoms with Crippen LogP contribution in [0.25, 0.3) is 0 Å². The first-order valence-corrected chi connectivity index (χ1v) is 21.6. The number of ether oxygens (including phenoxy) is 2. The van der Waals surface area contributed by atoms with Crippen LogP contribution in [0.15, 0.2) is 60.8 Å². The Morgan fingerprint density at radius 3 is 1.41 bits per heavy atom. The average molecular weight is 737 g/mol. The Morgan fingerprint density at radius 2 is 0.941 bits per heavy atom. The van der Waals surface area contributed by atoms with E-state index in [9.17, 15) is 14.2 Å². The lowest BCUT2D eigenvalue weighted by Gasteiger charge is -2.18. The van der Waals surface area contributed by atoms with E-state index in [2.05, 4.69) is 79.1 Å². The van der Waals surface area contributed by atoms with Crippen LogP contribution in [0.3, 0.4) is 0 Å². The molecule has 294 valence electrons. The summed E-state index contributed by atoms with van der Waals surface area (Å²) in [5.74, 6) is -0.923. The molecular weight excluding hydrogens is 663 g/mol. The zero-order valence-electron chi connectivity index (χ0n) is 32.2. The number of unbranched alkanes of at least 4 members (excludes halogenated alkanes) is 16. The third kappa shape index (κ3) is 40.4. The number of rotatable bonds is 36. The van der Waals surface area contributed by atoms with Crippen LogP contribution in [0.5, 0.6) is 0 Å². The predicted octanol–water partition coefficient (Wildman–Crippen LogP) is 12.1. The number of carbonyl (C=O) groups is 2. The zero-order valence-corrected chi connectivity index (χ0v) is 33.1. The normalized spacial score (nSPS) is 13.1. The van der Waals surface area contributed by atoms with E-state index in [0.29, 0.717) is 6.42 Å². The molecule has 0 bridgehead atoms. The van der Waals surface area contributed by atoms with Gasteiger partial charge in [0.25, 0.3) is 0 Å². The molecule has 1 atom stereocenters. The molecule has 0 rings (SSSR count). The first-order chi connectivity index (χ1) is 24.8. The molecule has 0 aromatic rings. The summed E-state index contributed by atoms with van der Waals surface area (Å²) in [4.78, 5) is 42.8. The fraction of sp³-hybridized carbons (Fsp3) is 0.714. The van der Waals surface area contributed by atoms with E-state index in [-0.39, 0.29) is 19.4 Å². The maximum Gasteiger partial charge on any atom is 0.469 e. The number of hydrogen-bond donors (Lipinski definition) is 2. The van der Waals surface area contributed by atoms with Gasteiger partial charge in [-0.15, -0.1) is 0 Å². The molecule has 1 unspecified atom stereocenters. The minimum atomic E-state index is -4.76. The van der Waals surface area contributed by atoms with Crippen LogP contribution in [0.4, 0.5) is 0 Å². The first kappa shape index (κ1) is 48.8. The van der Waals surface area contributed by atoms with Gasteiger partial charge in [-0.25, -0.2) is 4.57 Å². The molecule has 9 heteroatoms. The molecule has 0 aliphatic rings. The predicted molar refractivity (Wildman–Crippen MR) is 211 cm³/mol. The summed E-state index contributed by atoms with van der Waals surface area (Å²) in [5.41, 5.74) is 0. The van der Waals surface area contributed by atoms with Gasteiger partial charge in [0, 0.05) is 12.8 Å². The van der Waals surface area contributed by atoms with Crippen LogP contribution in [-0.4, -0.2) is 41.0 Å². The van der Waals surface area contributed by atoms with Gasteiger partial charge in [-0.2, -0.15) is 0 Å². The average Bonchev–Trinajstić information content (AvgIpc) is 3.10. The van der Waals surface area contributed by atoms with E-state index in [1.165, 1.54) is 70.6 Å². The molecule has 0 saturated heterocycles. The second kappa shape index (κ2) is 37.5. The molecule has 0 aromatic heterocycles. The quantitative estimate of drug-likeness (QED) is 0.0282. The Morgan fingerprint density at radius 1 is 0.529 bits per heavy atom. The molecule has 0 radical (unpaired) electrons. The molecule has 0 spiro atoms. The maximum absolute atomic E-state index is 12.4. The monoisotopic (exact) mass is 737 g/mol. The molecule has 8 nitrogen and oxygen atoms in total. The van der Waals surface area contributed by atoms with Crippen molar-refractivity contribution in [3.05, 3.63) is 60.8 Å². The molecule has 0 heterocycles. The first-order valence-electron chi connectivity index (χ1n) is 20.1. The Kier molecular flexibility index (Phi) is 35.9. The van der Waals surface area contributed by atoms with Crippen LogP contribution in [-0.2, 0) is 28.2 Å². The van der Waals surface area contributed by atoms with Gasteiger partial charge >= 0.3 is 19.8 Å². The zero-order chi connectivity index (χ0) is 37.5. The summed E-state index contributed by atoms with van der Waals surface area (Å²) in [6.07, 6.45) is 46.5. The van der Waals surface area contributed by atoms with Gasteiger partial charge in [-0.3, -0.25) is 14.1 Å². The number of phosphoric acid groups is 1. The SMILES string of the molecule is CC/C=C\C/C=C\C/C=C\C/C=C\C/C=C\CCCCCC(=O)OC(COC(=O)CCCCCCCCCCCCCCCC)COP(=O)(O)O. The molecule has 2 N–H and O–H groups in total. The molecule has 0 amide bonds. The second-order valence-electron chi connectivity index (χ2n) is 13.2. The molecular formula is C42H73O8P. The van der Waals surface area contributed by atoms with Gasteiger partial charge in [0.15, 0.2) is 6.10 Å². The van der Waals surface area contributed by atoms with Crippen molar-refractivity contribution in [2.24, 2.45) is 0 Å². The summed E-state index contributed by atoms with van der Waals surface area (Å²) in [5, 5.41) is 0. The fourth-order valence-electron chi connectivity index (χ4n) is 5.34. The van der Waals surface area contributed by atoms with Crippen molar-refractivity contribution in [2.75, 3.05) is 13.2 Å². The van der Waals surface area contributed by atoms with E-state index in [4.69, 9.17) is 19.3 Å². The van der Waals surface area contributed by atoms with Gasteiger partial charge in [0.2, 0.25) is 0 Å². The minimum Gasteiger partial charge on any atom is -0.462 e. The number of esters is 2. The molecule has 0 aromatic carbocycles. The van der Waals surface area contributed by atoms with Crippen molar-refractivity contribution in [3.8, 4) is 0 Å². The third-order valence-electron chi connectivity index (χ3n) is 8.30. The Balaban J connectivity index is 4.02. The van der Waals surface area contributed by atoms with Gasteiger partial charge in [-0.1, -0.05) is 164 Å². The van der Waals surface area contributed by atoms with Crippen LogP contribution < -0.4 is 0 Å². The van der Waals surface area contributed by atoms with E-state index in [1.807, 2.05) is 0 Å². The highest BCUT2D eigenvalue weighted by atomic mass is 31.2. The second-order valence-corrected chi connectivity index (χ2v) is 14.5. The van der Waals surface area contributed by atoms with Crippen molar-refractivity contribution in [1.29, 1.82) is 0 Å². The lowest BCUT2D eigenvalue weighted by atomic mass is 10.0. The summed E-state index contributed by atoms with van der Waals surface area (Å²) >= 11 is 0. The third-order valence-corrected chi connectivity index (χ3v) is 8.79. The fourth-order valence-corrected chi connectivity index (χ4v) is 5.70. The van der Waals surface area contributed by atoms with Gasteiger partial charge in [0.05, 0.1) is 6.61 Å². The van der Waals surface area contributed by atoms with E-state index >= 15 is 0 Å². The van der Waals surface area contributed by atoms with Crippen LogP contribution in [0, 0.1) is 0 Å². The topological polar surface area (TPSA) is 119 Å². The van der Waals surface area contributed by atoms with Crippen molar-refractivity contribution in [1.82, 2.24) is 0 Å². The Hall–Kier alpha value is -2.25. The van der Waals surface area contributed by atoms with E-state index < -0.39 is 32.5 Å². The largest absolute Gasteiger partial charge is 0.469 e. The Bertz CT molecular complexity index is 1010. The highest BCUT2D eigenvalue weighted by Crippen LogP contribution is 2.36. The molecule has 0 aliphatic heterocycles. The van der Waals surface area contributed by atoms with Crippen molar-refractivity contribution < 1.29 is 37.9 Å². The van der Waals surface area contributed by atoms with Gasteiger partial charge in [0.1, 0.15) is 6.61 Å². The molecule has 0 fully saturated rings. The molecule has 51 heavy (non-hydrogen) atoms. The highest BCUT2D eigenvalue weighted by Gasteiger charge is 2.22. The smallest absolute Gasteiger partial charge is 0.462 e. The number of allylic oxidation sites excluding steroid dienone is 10. The summed E-state index contributed by atoms with van der Waals surface area (Å²) < 4.78 is 26.3. The number of hydrogen-bond acceptors (Lipinski definition) is 6. The van der Waals surface area contributed by atoms with Crippen LogP contribution in [0.2, 0.25) is 0 Å². The van der Waals surface area contributed by atoms with Gasteiger partial charge in [-0.05, 0) is 57.8 Å². The summed E-state index contributed by atoms with van der Waals surface area (Å²) in [7, 11) is -4.76. The summed E-state index contributed by atoms with van der Waals surface area (Å²) in [6.45, 7) is 3.54. The van der Waals surface area contributed by atoms with Crippen LogP contribution in [0.1, 0.15) is 174 Å². The number of phosphoric ester groups is 1. The van der Waals surface area contributed by atoms with E-state index in [1.54, 1.807) is 0 Å². The summed E-state index contributed by atoms with van der Waals surface area (Å²) in [6, 6.07) is 0. The molecule has 0 aliphatic carbocycles. The maximum atomic E-state index is 12.4. The standard InChI is InChI=1S/C42H73O8P/c1-3-5-7-9-11-13-15-17-19-20-21-22-23-25-27-29-31-33-35-37-42(44)50-40(39-49-51(45,46)47)38-48-41(43)36-34-32-30-28-26-24-18-16-14-12-10-8-6-4-2/h5,7,11,13,17,19,21-22,25,27,40H,3-4,6,8-10,12,14-16,18,20,23-24,26,28-39H2,1-2H3,(H2,45,46,47)/b7-5-,13-11-,19-17-,22-21-,27-25-. The van der Waals surface area contributed by atoms with Crippen molar-refractivity contribution in [3.63, 3.8) is 0 Å².